The van der Waals surface area contributed by atoms with E-state index in [0.717, 1.165) is 25.9 Å². The standard InChI is InChI=1S/C12H26N2O3/c1-10(8-16-2)17-9-12(15)7-14-5-3-4-11(13)6-14/h10-12,15H,3-9,13H2,1-2H3/t10?,11-,12?/m1/s1. The number of aliphatic hydroxyl groups is 1. The Bertz CT molecular complexity index is 204. The fraction of sp³-hybridized carbons (Fsp3) is 1.00. The minimum atomic E-state index is -0.445. The first-order valence-electron chi connectivity index (χ1n) is 6.38. The second-order valence-corrected chi connectivity index (χ2v) is 4.91. The van der Waals surface area contributed by atoms with Gasteiger partial charge in [-0.1, -0.05) is 0 Å². The molecule has 0 aromatic rings. The predicted molar refractivity (Wildman–Crippen MR) is 66.9 cm³/mol. The van der Waals surface area contributed by atoms with E-state index in [1.54, 1.807) is 7.11 Å². The van der Waals surface area contributed by atoms with Crippen molar-refractivity contribution in [2.45, 2.75) is 38.0 Å². The summed E-state index contributed by atoms with van der Waals surface area (Å²) in [6.07, 6.45) is 1.79. The van der Waals surface area contributed by atoms with Gasteiger partial charge in [0.15, 0.2) is 0 Å². The van der Waals surface area contributed by atoms with Gasteiger partial charge in [0.05, 0.1) is 25.4 Å². The summed E-state index contributed by atoms with van der Waals surface area (Å²) >= 11 is 0. The molecule has 0 aromatic carbocycles. The Kier molecular flexibility index (Phi) is 6.99. The van der Waals surface area contributed by atoms with Gasteiger partial charge in [-0.25, -0.2) is 0 Å². The number of piperidine rings is 1. The molecular formula is C12H26N2O3. The van der Waals surface area contributed by atoms with Gasteiger partial charge < -0.3 is 20.3 Å². The Morgan fingerprint density at radius 1 is 1.47 bits per heavy atom. The minimum Gasteiger partial charge on any atom is -0.389 e. The van der Waals surface area contributed by atoms with Crippen LogP contribution in [0.15, 0.2) is 0 Å². The molecule has 0 amide bonds. The summed E-state index contributed by atoms with van der Waals surface area (Å²) in [4.78, 5) is 2.21. The van der Waals surface area contributed by atoms with E-state index < -0.39 is 6.10 Å². The first kappa shape index (κ1) is 14.9. The molecule has 102 valence electrons. The molecule has 0 bridgehead atoms. The van der Waals surface area contributed by atoms with Crippen LogP contribution in [0, 0.1) is 0 Å². The van der Waals surface area contributed by atoms with E-state index in [0.29, 0.717) is 19.8 Å². The Hall–Kier alpha value is -0.200. The zero-order valence-electron chi connectivity index (χ0n) is 11.0. The third-order valence-electron chi connectivity index (χ3n) is 2.99. The van der Waals surface area contributed by atoms with Crippen LogP contribution in [0.25, 0.3) is 0 Å². The fourth-order valence-electron chi connectivity index (χ4n) is 2.17. The maximum atomic E-state index is 9.86. The minimum absolute atomic E-state index is 0.0262. The monoisotopic (exact) mass is 246 g/mol. The SMILES string of the molecule is COCC(C)OCC(O)CN1CCC[C@@H](N)C1. The second-order valence-electron chi connectivity index (χ2n) is 4.91. The molecule has 0 spiro atoms. The molecule has 5 nitrogen and oxygen atoms in total. The van der Waals surface area contributed by atoms with E-state index in [-0.39, 0.29) is 12.1 Å². The van der Waals surface area contributed by atoms with Gasteiger partial charge in [0.2, 0.25) is 0 Å². The zero-order valence-corrected chi connectivity index (χ0v) is 11.0. The normalized spacial score (nSPS) is 25.8. The van der Waals surface area contributed by atoms with Crippen LogP contribution >= 0.6 is 0 Å². The van der Waals surface area contributed by atoms with Crippen LogP contribution in [0.5, 0.6) is 0 Å². The number of ether oxygens (including phenoxy) is 2. The highest BCUT2D eigenvalue weighted by Gasteiger charge is 2.19. The third-order valence-corrected chi connectivity index (χ3v) is 2.99. The number of nitrogens with zero attached hydrogens (tertiary/aromatic N) is 1. The summed E-state index contributed by atoms with van der Waals surface area (Å²) in [7, 11) is 1.64. The molecule has 1 heterocycles. The molecule has 3 atom stereocenters. The maximum absolute atomic E-state index is 9.86. The van der Waals surface area contributed by atoms with Crippen molar-refractivity contribution >= 4 is 0 Å². The number of β-amino-alcohol motifs (C(OH)–C–C–N with tert-alkyl or cyclic N) is 1. The second kappa shape index (κ2) is 8.00. The highest BCUT2D eigenvalue weighted by molar-refractivity contribution is 4.76. The molecule has 5 heteroatoms. The summed E-state index contributed by atoms with van der Waals surface area (Å²) < 4.78 is 10.4. The van der Waals surface area contributed by atoms with Crippen molar-refractivity contribution in [2.75, 3.05) is 40.0 Å². The Morgan fingerprint density at radius 2 is 2.24 bits per heavy atom. The molecule has 1 aliphatic heterocycles. The summed E-state index contributed by atoms with van der Waals surface area (Å²) in [6, 6.07) is 0.254. The smallest absolute Gasteiger partial charge is 0.0900 e. The highest BCUT2D eigenvalue weighted by Crippen LogP contribution is 2.08. The van der Waals surface area contributed by atoms with E-state index in [2.05, 4.69) is 4.90 Å². The quantitative estimate of drug-likeness (QED) is 0.652. The van der Waals surface area contributed by atoms with Crippen molar-refractivity contribution in [3.05, 3.63) is 0 Å². The van der Waals surface area contributed by atoms with Crippen molar-refractivity contribution in [1.29, 1.82) is 0 Å². The average molecular weight is 246 g/mol. The molecule has 17 heavy (non-hydrogen) atoms. The molecule has 3 N–H and O–H groups in total. The van der Waals surface area contributed by atoms with Crippen LogP contribution in [-0.2, 0) is 9.47 Å². The molecule has 1 fully saturated rings. The van der Waals surface area contributed by atoms with Crippen LogP contribution in [0.1, 0.15) is 19.8 Å². The Labute approximate surface area is 104 Å². The van der Waals surface area contributed by atoms with Crippen LogP contribution in [0.2, 0.25) is 0 Å². The number of rotatable bonds is 7. The van der Waals surface area contributed by atoms with Crippen LogP contribution in [0.3, 0.4) is 0 Å². The third kappa shape index (κ3) is 6.33. The molecule has 0 radical (unpaired) electrons. The molecule has 0 saturated carbocycles. The molecule has 0 aliphatic carbocycles. The van der Waals surface area contributed by atoms with Gasteiger partial charge >= 0.3 is 0 Å². The van der Waals surface area contributed by atoms with E-state index in [4.69, 9.17) is 15.2 Å². The largest absolute Gasteiger partial charge is 0.389 e. The van der Waals surface area contributed by atoms with Gasteiger partial charge in [0, 0.05) is 26.2 Å². The lowest BCUT2D eigenvalue weighted by atomic mass is 10.1. The van der Waals surface area contributed by atoms with Crippen molar-refractivity contribution in [2.24, 2.45) is 5.73 Å². The van der Waals surface area contributed by atoms with Crippen molar-refractivity contribution in [3.63, 3.8) is 0 Å². The van der Waals surface area contributed by atoms with Crippen LogP contribution < -0.4 is 5.73 Å². The van der Waals surface area contributed by atoms with Gasteiger partial charge in [0.25, 0.3) is 0 Å². The lowest BCUT2D eigenvalue weighted by Crippen LogP contribution is -2.46. The highest BCUT2D eigenvalue weighted by atomic mass is 16.5. The van der Waals surface area contributed by atoms with E-state index >= 15 is 0 Å². The van der Waals surface area contributed by atoms with E-state index in [9.17, 15) is 5.11 Å². The Morgan fingerprint density at radius 3 is 2.88 bits per heavy atom. The molecule has 1 aliphatic rings. The van der Waals surface area contributed by atoms with Crippen molar-refractivity contribution in [3.8, 4) is 0 Å². The van der Waals surface area contributed by atoms with Gasteiger partial charge in [-0.2, -0.15) is 0 Å². The zero-order chi connectivity index (χ0) is 12.7. The molecule has 1 rings (SSSR count). The Balaban J connectivity index is 2.13. The number of aliphatic hydroxyl groups excluding tert-OH is 1. The molecule has 2 unspecified atom stereocenters. The lowest BCUT2D eigenvalue weighted by molar-refractivity contribution is -0.0412. The van der Waals surface area contributed by atoms with Crippen molar-refractivity contribution in [1.82, 2.24) is 4.90 Å². The van der Waals surface area contributed by atoms with Gasteiger partial charge in [-0.05, 0) is 26.3 Å². The number of likely N-dealkylation sites (tertiary alicyclic amines) is 1. The van der Waals surface area contributed by atoms with Gasteiger partial charge in [0.1, 0.15) is 0 Å². The first-order chi connectivity index (χ1) is 8.11. The topological polar surface area (TPSA) is 68.0 Å². The number of hydrogen-bond acceptors (Lipinski definition) is 5. The molecular weight excluding hydrogens is 220 g/mol. The summed E-state index contributed by atoms with van der Waals surface area (Å²) in [5.41, 5.74) is 5.89. The number of hydrogen-bond donors (Lipinski definition) is 2. The lowest BCUT2D eigenvalue weighted by Gasteiger charge is -2.32. The molecule has 1 saturated heterocycles. The number of methoxy groups -OCH3 is 1. The van der Waals surface area contributed by atoms with Crippen LogP contribution in [0.4, 0.5) is 0 Å². The average Bonchev–Trinajstić information content (AvgIpc) is 2.27. The number of nitrogens with two attached hydrogens (primary N) is 1. The first-order valence-corrected chi connectivity index (χ1v) is 6.38. The summed E-state index contributed by atoms with van der Waals surface area (Å²) in [5.74, 6) is 0. The van der Waals surface area contributed by atoms with Crippen molar-refractivity contribution < 1.29 is 14.6 Å². The fourth-order valence-corrected chi connectivity index (χ4v) is 2.17. The van der Waals surface area contributed by atoms with Gasteiger partial charge in [-0.3, -0.25) is 4.90 Å². The van der Waals surface area contributed by atoms with E-state index in [1.165, 1.54) is 0 Å². The maximum Gasteiger partial charge on any atom is 0.0900 e. The summed E-state index contributed by atoms with van der Waals surface area (Å²) in [5, 5.41) is 9.86. The predicted octanol–water partition coefficient (Wildman–Crippen LogP) is -0.178. The van der Waals surface area contributed by atoms with Crippen LogP contribution in [-0.4, -0.2) is 68.2 Å². The van der Waals surface area contributed by atoms with E-state index in [1.807, 2.05) is 6.92 Å². The summed E-state index contributed by atoms with van der Waals surface area (Å²) in [6.45, 7) is 5.40. The van der Waals surface area contributed by atoms with Gasteiger partial charge in [-0.15, -0.1) is 0 Å². The molecule has 0 aromatic heterocycles.